The van der Waals surface area contributed by atoms with Gasteiger partial charge in [0.05, 0.1) is 22.9 Å². The van der Waals surface area contributed by atoms with Gasteiger partial charge in [0.15, 0.2) is 0 Å². The number of fused-ring (bicyclic) bond motifs is 1. The summed E-state index contributed by atoms with van der Waals surface area (Å²) in [5.74, 6) is 0.811. The number of nitrogens with two attached hydrogens (primary N) is 1. The van der Waals surface area contributed by atoms with Crippen LogP contribution in [0.4, 0.5) is 0 Å². The summed E-state index contributed by atoms with van der Waals surface area (Å²) in [5.41, 5.74) is 9.43. The maximum absolute atomic E-state index is 6.14. The molecule has 0 spiro atoms. The molecule has 2 aromatic heterocycles. The summed E-state index contributed by atoms with van der Waals surface area (Å²) < 4.78 is 7.40. The molecule has 5 heteroatoms. The first kappa shape index (κ1) is 14.2. The average molecular weight is 304 g/mol. The van der Waals surface area contributed by atoms with Crippen LogP contribution in [-0.2, 0) is 12.1 Å². The summed E-state index contributed by atoms with van der Waals surface area (Å²) in [7, 11) is 0. The molecule has 0 saturated heterocycles. The summed E-state index contributed by atoms with van der Waals surface area (Å²) in [6.07, 6.45) is 1.58. The minimum atomic E-state index is -0.130. The second kappa shape index (κ2) is 4.90. The van der Waals surface area contributed by atoms with E-state index in [9.17, 15) is 0 Å². The SMILES string of the molecule is CC(C)(C)n1c(-c2ccoc2Cl)nc2cc(CN)ccc21. The third-order valence-corrected chi connectivity index (χ3v) is 3.78. The van der Waals surface area contributed by atoms with Crippen LogP contribution in [0.3, 0.4) is 0 Å². The Morgan fingerprint density at radius 1 is 1.29 bits per heavy atom. The predicted molar refractivity (Wildman–Crippen MR) is 85.3 cm³/mol. The Morgan fingerprint density at radius 3 is 2.62 bits per heavy atom. The number of benzene rings is 1. The first-order chi connectivity index (χ1) is 9.91. The third kappa shape index (κ3) is 2.34. The number of hydrogen-bond acceptors (Lipinski definition) is 3. The fourth-order valence-electron chi connectivity index (χ4n) is 2.57. The fourth-order valence-corrected chi connectivity index (χ4v) is 2.76. The molecule has 2 heterocycles. The second-order valence-corrected chi connectivity index (χ2v) is 6.42. The Morgan fingerprint density at radius 2 is 2.05 bits per heavy atom. The van der Waals surface area contributed by atoms with Crippen molar-refractivity contribution < 1.29 is 4.42 Å². The van der Waals surface area contributed by atoms with Crippen LogP contribution >= 0.6 is 11.6 Å². The van der Waals surface area contributed by atoms with Crippen molar-refractivity contribution in [1.82, 2.24) is 9.55 Å². The molecule has 0 aliphatic carbocycles. The van der Waals surface area contributed by atoms with Crippen LogP contribution in [0.5, 0.6) is 0 Å². The molecule has 0 amide bonds. The first-order valence-corrected chi connectivity index (χ1v) is 7.25. The monoisotopic (exact) mass is 303 g/mol. The van der Waals surface area contributed by atoms with Gasteiger partial charge in [0.2, 0.25) is 5.22 Å². The molecule has 1 aromatic carbocycles. The molecule has 110 valence electrons. The average Bonchev–Trinajstić information content (AvgIpc) is 2.99. The zero-order chi connectivity index (χ0) is 15.2. The summed E-state index contributed by atoms with van der Waals surface area (Å²) in [6, 6.07) is 7.96. The Bertz CT molecular complexity index is 796. The minimum absolute atomic E-state index is 0.130. The van der Waals surface area contributed by atoms with Gasteiger partial charge in [0.1, 0.15) is 5.82 Å². The number of furan rings is 1. The van der Waals surface area contributed by atoms with Crippen LogP contribution in [0.25, 0.3) is 22.4 Å². The highest BCUT2D eigenvalue weighted by molar-refractivity contribution is 6.31. The van der Waals surface area contributed by atoms with E-state index >= 15 is 0 Å². The van der Waals surface area contributed by atoms with Crippen molar-refractivity contribution in [3.05, 3.63) is 41.3 Å². The second-order valence-electron chi connectivity index (χ2n) is 6.08. The Kier molecular flexibility index (Phi) is 3.30. The summed E-state index contributed by atoms with van der Waals surface area (Å²) in [6.45, 7) is 6.92. The summed E-state index contributed by atoms with van der Waals surface area (Å²) in [4.78, 5) is 4.75. The van der Waals surface area contributed by atoms with Crippen molar-refractivity contribution in [3.63, 3.8) is 0 Å². The van der Waals surface area contributed by atoms with E-state index in [0.717, 1.165) is 28.0 Å². The van der Waals surface area contributed by atoms with Gasteiger partial charge in [-0.25, -0.2) is 4.98 Å². The predicted octanol–water partition coefficient (Wildman–Crippen LogP) is 4.16. The molecule has 0 saturated carbocycles. The highest BCUT2D eigenvalue weighted by atomic mass is 35.5. The van der Waals surface area contributed by atoms with Crippen LogP contribution < -0.4 is 5.73 Å². The molecule has 0 unspecified atom stereocenters. The third-order valence-electron chi connectivity index (χ3n) is 3.48. The highest BCUT2D eigenvalue weighted by Crippen LogP contribution is 2.35. The normalized spacial score (nSPS) is 12.2. The van der Waals surface area contributed by atoms with Gasteiger partial charge in [-0.15, -0.1) is 0 Å². The zero-order valence-electron chi connectivity index (χ0n) is 12.4. The molecule has 0 aliphatic rings. The Hall–Kier alpha value is -1.78. The molecule has 0 radical (unpaired) electrons. The number of hydrogen-bond donors (Lipinski definition) is 1. The van der Waals surface area contributed by atoms with Gasteiger partial charge in [0.25, 0.3) is 0 Å². The number of nitrogens with zero attached hydrogens (tertiary/aromatic N) is 2. The van der Waals surface area contributed by atoms with Crippen LogP contribution in [-0.4, -0.2) is 9.55 Å². The molecule has 0 bridgehead atoms. The van der Waals surface area contributed by atoms with Gasteiger partial charge in [-0.3, -0.25) is 0 Å². The van der Waals surface area contributed by atoms with E-state index in [0.29, 0.717) is 11.8 Å². The van der Waals surface area contributed by atoms with Crippen molar-refractivity contribution in [2.45, 2.75) is 32.9 Å². The first-order valence-electron chi connectivity index (χ1n) is 6.87. The highest BCUT2D eigenvalue weighted by Gasteiger charge is 2.24. The van der Waals surface area contributed by atoms with Crippen molar-refractivity contribution in [3.8, 4) is 11.4 Å². The molecular formula is C16H18ClN3O. The zero-order valence-corrected chi connectivity index (χ0v) is 13.1. The van der Waals surface area contributed by atoms with Crippen molar-refractivity contribution in [2.24, 2.45) is 5.73 Å². The van der Waals surface area contributed by atoms with E-state index in [1.165, 1.54) is 0 Å². The topological polar surface area (TPSA) is 57.0 Å². The summed E-state index contributed by atoms with van der Waals surface area (Å²) in [5, 5.41) is 0.356. The maximum Gasteiger partial charge on any atom is 0.203 e. The maximum atomic E-state index is 6.14. The quantitative estimate of drug-likeness (QED) is 0.773. The lowest BCUT2D eigenvalue weighted by Gasteiger charge is -2.24. The number of rotatable bonds is 2. The molecule has 0 fully saturated rings. The lowest BCUT2D eigenvalue weighted by atomic mass is 10.1. The molecule has 3 aromatic rings. The van der Waals surface area contributed by atoms with Crippen LogP contribution in [0.15, 0.2) is 34.9 Å². The van der Waals surface area contributed by atoms with E-state index in [-0.39, 0.29) is 5.54 Å². The van der Waals surface area contributed by atoms with Crippen LogP contribution in [0.1, 0.15) is 26.3 Å². The van der Waals surface area contributed by atoms with Crippen molar-refractivity contribution in [1.29, 1.82) is 0 Å². The van der Waals surface area contributed by atoms with E-state index < -0.39 is 0 Å². The Balaban J connectivity index is 2.35. The molecule has 3 rings (SSSR count). The van der Waals surface area contributed by atoms with E-state index in [2.05, 4.69) is 31.4 Å². The molecule has 4 nitrogen and oxygen atoms in total. The number of halogens is 1. The van der Waals surface area contributed by atoms with Gasteiger partial charge in [-0.05, 0) is 56.1 Å². The molecule has 21 heavy (non-hydrogen) atoms. The van der Waals surface area contributed by atoms with Gasteiger partial charge in [-0.1, -0.05) is 6.07 Å². The minimum Gasteiger partial charge on any atom is -0.452 e. The van der Waals surface area contributed by atoms with Gasteiger partial charge in [0, 0.05) is 12.1 Å². The molecular weight excluding hydrogens is 286 g/mol. The van der Waals surface area contributed by atoms with Gasteiger partial charge < -0.3 is 14.7 Å². The fraction of sp³-hybridized carbons (Fsp3) is 0.312. The van der Waals surface area contributed by atoms with Crippen LogP contribution in [0.2, 0.25) is 5.22 Å². The lowest BCUT2D eigenvalue weighted by molar-refractivity contribution is 0.413. The Labute approximate surface area is 128 Å². The molecule has 2 N–H and O–H groups in total. The van der Waals surface area contributed by atoms with Crippen LogP contribution in [0, 0.1) is 0 Å². The van der Waals surface area contributed by atoms with E-state index in [4.69, 9.17) is 26.7 Å². The van der Waals surface area contributed by atoms with Crippen molar-refractivity contribution >= 4 is 22.6 Å². The number of imidazole rings is 1. The van der Waals surface area contributed by atoms with Gasteiger partial charge in [-0.2, -0.15) is 0 Å². The number of aromatic nitrogens is 2. The smallest absolute Gasteiger partial charge is 0.203 e. The summed E-state index contributed by atoms with van der Waals surface area (Å²) >= 11 is 6.14. The largest absolute Gasteiger partial charge is 0.452 e. The van der Waals surface area contributed by atoms with E-state index in [1.54, 1.807) is 6.26 Å². The van der Waals surface area contributed by atoms with Gasteiger partial charge >= 0.3 is 0 Å². The molecule has 0 atom stereocenters. The van der Waals surface area contributed by atoms with Crippen molar-refractivity contribution in [2.75, 3.05) is 0 Å². The van der Waals surface area contributed by atoms with E-state index in [1.807, 2.05) is 18.2 Å². The molecule has 0 aliphatic heterocycles. The lowest BCUT2D eigenvalue weighted by Crippen LogP contribution is -2.22. The standard InChI is InChI=1S/C16H18ClN3O/c1-16(2,3)20-13-5-4-10(9-18)8-12(13)19-15(20)11-6-7-21-14(11)17/h4-8H,9,18H2,1-3H3.